The molecule has 1 aromatic carbocycles. The highest BCUT2D eigenvalue weighted by molar-refractivity contribution is 6.14. The zero-order chi connectivity index (χ0) is 20.4. The van der Waals surface area contributed by atoms with Gasteiger partial charge in [-0.15, -0.1) is 0 Å². The maximum atomic E-state index is 13.7. The summed E-state index contributed by atoms with van der Waals surface area (Å²) in [5.74, 6) is 3.31. The number of ether oxygens (including phenoxy) is 1. The first kappa shape index (κ1) is 18.9. The molecule has 6 rings (SSSR count). The molecule has 0 radical (unpaired) electrons. The molecule has 0 spiro atoms. The highest BCUT2D eigenvalue weighted by Gasteiger charge is 2.54. The third-order valence-corrected chi connectivity index (χ3v) is 7.85. The van der Waals surface area contributed by atoms with Gasteiger partial charge in [0.15, 0.2) is 0 Å². The van der Waals surface area contributed by atoms with Gasteiger partial charge in [-0.1, -0.05) is 0 Å². The van der Waals surface area contributed by atoms with Crippen molar-refractivity contribution in [1.82, 2.24) is 0 Å². The van der Waals surface area contributed by atoms with Crippen LogP contribution >= 0.6 is 0 Å². The molecule has 1 aromatic rings. The van der Waals surface area contributed by atoms with Gasteiger partial charge in [0.2, 0.25) is 5.69 Å². The maximum Gasteiger partial charge on any atom is 0.228 e. The molecule has 4 saturated carbocycles. The van der Waals surface area contributed by atoms with Crippen LogP contribution in [0.15, 0.2) is 17.1 Å². The predicted octanol–water partition coefficient (Wildman–Crippen LogP) is 5.55. The lowest BCUT2D eigenvalue weighted by molar-refractivity contribution is -0.142. The molecule has 4 aliphatic carbocycles. The molecular formula is C25H30N2O2. The molecule has 4 bridgehead atoms. The molecule has 29 heavy (non-hydrogen) atoms. The van der Waals surface area contributed by atoms with Crippen molar-refractivity contribution in [2.75, 3.05) is 7.11 Å². The summed E-state index contributed by atoms with van der Waals surface area (Å²) >= 11 is 0. The average molecular weight is 391 g/mol. The Morgan fingerprint density at radius 1 is 1.17 bits per heavy atom. The van der Waals surface area contributed by atoms with Crippen molar-refractivity contribution < 1.29 is 9.53 Å². The number of nitrogens with zero attached hydrogens (tertiary/aromatic N) is 2. The maximum absolute atomic E-state index is 13.7. The van der Waals surface area contributed by atoms with Crippen molar-refractivity contribution in [2.24, 2.45) is 28.2 Å². The van der Waals surface area contributed by atoms with Crippen molar-refractivity contribution in [2.45, 2.75) is 70.8 Å². The van der Waals surface area contributed by atoms with Crippen molar-refractivity contribution >= 4 is 17.2 Å². The molecule has 152 valence electrons. The second kappa shape index (κ2) is 6.42. The zero-order valence-corrected chi connectivity index (χ0v) is 17.8. The van der Waals surface area contributed by atoms with Gasteiger partial charge < -0.3 is 4.74 Å². The summed E-state index contributed by atoms with van der Waals surface area (Å²) in [6.07, 6.45) is 8.52. The topological polar surface area (TPSA) is 43.0 Å². The largest absolute Gasteiger partial charge is 0.508 e. The molecule has 4 fully saturated rings. The highest BCUT2D eigenvalue weighted by Crippen LogP contribution is 2.60. The number of fused-ring (bicyclic) bond motifs is 1. The minimum absolute atomic E-state index is 0.103. The number of aliphatic imine (C=N–C) groups is 1. The standard InChI is InChI=1S/C25H30N2O2/c1-24(2)14-18-8-22(29-4)21(26-3)9-19(18)20(27-24)10-23(28)25-11-15-5-16(12-25)7-17(6-15)13-25/h8-9,15-17H,5-7,10-14H2,1-2,4H3. The lowest BCUT2D eigenvalue weighted by Crippen LogP contribution is -2.50. The molecule has 1 heterocycles. The number of Topliss-reactive ketones (excluding diaryl/α,β-unsaturated/α-hetero) is 1. The van der Waals surface area contributed by atoms with Gasteiger partial charge in [0.1, 0.15) is 11.5 Å². The van der Waals surface area contributed by atoms with E-state index >= 15 is 0 Å². The third-order valence-electron chi connectivity index (χ3n) is 7.85. The Morgan fingerprint density at radius 3 is 2.34 bits per heavy atom. The Kier molecular flexibility index (Phi) is 4.18. The van der Waals surface area contributed by atoms with Crippen LogP contribution in [0.4, 0.5) is 5.69 Å². The Balaban J connectivity index is 1.49. The number of methoxy groups -OCH3 is 1. The molecule has 1 aliphatic heterocycles. The quantitative estimate of drug-likeness (QED) is 0.633. The first-order valence-corrected chi connectivity index (χ1v) is 11.0. The van der Waals surface area contributed by atoms with Gasteiger partial charge in [-0.25, -0.2) is 4.85 Å². The summed E-state index contributed by atoms with van der Waals surface area (Å²) in [6.45, 7) is 11.8. The number of rotatable bonds is 4. The van der Waals surface area contributed by atoms with E-state index in [9.17, 15) is 4.79 Å². The summed E-state index contributed by atoms with van der Waals surface area (Å²) < 4.78 is 5.43. The first-order chi connectivity index (χ1) is 13.8. The number of ketones is 1. The van der Waals surface area contributed by atoms with Crippen molar-refractivity contribution in [3.05, 3.63) is 34.7 Å². The van der Waals surface area contributed by atoms with Crippen molar-refractivity contribution in [3.63, 3.8) is 0 Å². The fourth-order valence-corrected chi connectivity index (χ4v) is 7.13. The van der Waals surface area contributed by atoms with Gasteiger partial charge in [0.25, 0.3) is 0 Å². The lowest BCUT2D eigenvalue weighted by Gasteiger charge is -2.56. The van der Waals surface area contributed by atoms with Crippen LogP contribution in [0.1, 0.15) is 69.9 Å². The monoisotopic (exact) mass is 390 g/mol. The molecule has 0 aromatic heterocycles. The highest BCUT2D eigenvalue weighted by atomic mass is 16.5. The minimum Gasteiger partial charge on any atom is -0.508 e. The molecule has 0 N–H and O–H groups in total. The normalized spacial score (nSPS) is 33.6. The Hall–Kier alpha value is -2.15. The SMILES string of the molecule is [C-]#[N+]c1cc2c(cc1OC)CC(C)(C)N=C2CC(=O)C12CC3CC(CC(C3)C1)C2. The van der Waals surface area contributed by atoms with Gasteiger partial charge in [-0.05, 0) is 99.8 Å². The van der Waals surface area contributed by atoms with Gasteiger partial charge in [-0.2, -0.15) is 0 Å². The van der Waals surface area contributed by atoms with E-state index in [-0.39, 0.29) is 11.0 Å². The zero-order valence-electron chi connectivity index (χ0n) is 17.8. The number of benzene rings is 1. The van der Waals surface area contributed by atoms with Crippen LogP contribution in [0.25, 0.3) is 4.85 Å². The van der Waals surface area contributed by atoms with Crippen LogP contribution in [-0.4, -0.2) is 24.1 Å². The second-order valence-corrected chi connectivity index (χ2v) is 10.6. The lowest BCUT2D eigenvalue weighted by atomic mass is 9.48. The Morgan fingerprint density at radius 2 is 1.79 bits per heavy atom. The molecule has 4 nitrogen and oxygen atoms in total. The number of carbonyl (C=O) groups excluding carboxylic acids is 1. The van der Waals surface area contributed by atoms with Crippen LogP contribution in [0.2, 0.25) is 0 Å². The van der Waals surface area contributed by atoms with Crippen LogP contribution in [0.5, 0.6) is 5.75 Å². The molecule has 4 heteroatoms. The summed E-state index contributed by atoms with van der Waals surface area (Å²) in [5.41, 5.74) is 3.16. The molecule has 0 saturated heterocycles. The summed E-state index contributed by atoms with van der Waals surface area (Å²) in [7, 11) is 1.61. The summed E-state index contributed by atoms with van der Waals surface area (Å²) in [5, 5.41) is 0. The van der Waals surface area contributed by atoms with E-state index in [0.717, 1.165) is 60.3 Å². The van der Waals surface area contributed by atoms with Gasteiger partial charge in [0.05, 0.1) is 19.2 Å². The minimum atomic E-state index is -0.241. The molecular weight excluding hydrogens is 360 g/mol. The fourth-order valence-electron chi connectivity index (χ4n) is 7.13. The van der Waals surface area contributed by atoms with E-state index in [4.69, 9.17) is 16.3 Å². The first-order valence-electron chi connectivity index (χ1n) is 11.0. The van der Waals surface area contributed by atoms with Gasteiger partial charge in [-0.3, -0.25) is 9.79 Å². The van der Waals surface area contributed by atoms with Gasteiger partial charge >= 0.3 is 0 Å². The van der Waals surface area contributed by atoms with E-state index in [0.29, 0.717) is 23.6 Å². The molecule has 0 unspecified atom stereocenters. The van der Waals surface area contributed by atoms with Crippen LogP contribution in [0.3, 0.4) is 0 Å². The molecule has 5 aliphatic rings. The van der Waals surface area contributed by atoms with Crippen LogP contribution in [0, 0.1) is 29.7 Å². The number of hydrogen-bond acceptors (Lipinski definition) is 3. The van der Waals surface area contributed by atoms with Gasteiger partial charge in [0, 0.05) is 17.5 Å². The van der Waals surface area contributed by atoms with Crippen molar-refractivity contribution in [1.29, 1.82) is 0 Å². The Labute approximate surface area is 173 Å². The van der Waals surface area contributed by atoms with E-state index in [1.54, 1.807) is 7.11 Å². The number of carbonyl (C=O) groups is 1. The van der Waals surface area contributed by atoms with Crippen LogP contribution < -0.4 is 4.74 Å². The second-order valence-electron chi connectivity index (χ2n) is 10.6. The molecule has 0 atom stereocenters. The van der Waals surface area contributed by atoms with Crippen LogP contribution in [-0.2, 0) is 11.2 Å². The Bertz CT molecular complexity index is 915. The van der Waals surface area contributed by atoms with Crippen molar-refractivity contribution in [3.8, 4) is 5.75 Å². The third kappa shape index (κ3) is 3.10. The fraction of sp³-hybridized carbons (Fsp3) is 0.640. The van der Waals surface area contributed by atoms with E-state index in [1.165, 1.54) is 19.3 Å². The van der Waals surface area contributed by atoms with E-state index < -0.39 is 0 Å². The molecule has 0 amide bonds. The van der Waals surface area contributed by atoms with E-state index in [1.807, 2.05) is 12.1 Å². The van der Waals surface area contributed by atoms with E-state index in [2.05, 4.69) is 18.7 Å². The summed E-state index contributed by atoms with van der Waals surface area (Å²) in [6, 6.07) is 3.87. The smallest absolute Gasteiger partial charge is 0.228 e. The predicted molar refractivity (Wildman–Crippen MR) is 114 cm³/mol. The number of hydrogen-bond donors (Lipinski definition) is 0. The summed E-state index contributed by atoms with van der Waals surface area (Å²) in [4.78, 5) is 22.3. The average Bonchev–Trinajstić information content (AvgIpc) is 2.65.